The van der Waals surface area contributed by atoms with Crippen molar-refractivity contribution in [2.24, 2.45) is 5.16 Å². The Hall–Kier alpha value is -2.54. The Balaban J connectivity index is 1.27. The molecule has 178 valence electrons. The highest BCUT2D eigenvalue weighted by molar-refractivity contribution is 6.38. The van der Waals surface area contributed by atoms with E-state index in [1.54, 1.807) is 24.3 Å². The molecule has 0 atom stereocenters. The van der Waals surface area contributed by atoms with Gasteiger partial charge in [0.25, 0.3) is 0 Å². The minimum Gasteiger partial charge on any atom is -0.478 e. The fourth-order valence-electron chi connectivity index (χ4n) is 5.02. The molecule has 0 bridgehead atoms. The summed E-state index contributed by atoms with van der Waals surface area (Å²) in [6.07, 6.45) is 4.72. The third kappa shape index (κ3) is 4.30. The van der Waals surface area contributed by atoms with E-state index in [2.05, 4.69) is 34.7 Å². The van der Waals surface area contributed by atoms with Crippen LogP contribution in [-0.4, -0.2) is 44.9 Å². The van der Waals surface area contributed by atoms with Crippen molar-refractivity contribution in [3.05, 3.63) is 69.3 Å². The van der Waals surface area contributed by atoms with E-state index in [0.717, 1.165) is 61.1 Å². The molecule has 1 N–H and O–H groups in total. The fourth-order valence-corrected chi connectivity index (χ4v) is 5.61. The first-order valence-corrected chi connectivity index (χ1v) is 12.3. The number of rotatable bonds is 5. The highest BCUT2D eigenvalue weighted by Gasteiger charge is 2.42. The van der Waals surface area contributed by atoms with Crippen LogP contribution in [0.25, 0.3) is 10.9 Å². The summed E-state index contributed by atoms with van der Waals surface area (Å²) in [4.78, 5) is 19.5. The highest BCUT2D eigenvalue weighted by Crippen LogP contribution is 2.38. The third-order valence-corrected chi connectivity index (χ3v) is 7.46. The zero-order valence-electron chi connectivity index (χ0n) is 19.2. The number of halogens is 2. The second-order valence-electron chi connectivity index (χ2n) is 9.59. The zero-order valence-corrected chi connectivity index (χ0v) is 20.7. The second-order valence-corrected chi connectivity index (χ2v) is 10.4. The Morgan fingerprint density at radius 2 is 1.88 bits per heavy atom. The molecule has 2 aliphatic rings. The number of carboxylic acid groups (broad SMARTS) is 1. The van der Waals surface area contributed by atoms with Crippen molar-refractivity contribution in [1.29, 1.82) is 0 Å². The standard InChI is InChI=1S/C26H27Cl2N3O3/c1-16(2)31-15-19(21-11-20(27)12-22(28)24(21)31)14-30-9-7-26(8-10-30)13-23(29-34-26)17-3-5-18(6-4-17)25(32)33/h3-6,11-12,15-16H,7-10,13-14H2,1-2H3,(H,32,33). The van der Waals surface area contributed by atoms with E-state index in [-0.39, 0.29) is 11.2 Å². The topological polar surface area (TPSA) is 67.1 Å². The van der Waals surface area contributed by atoms with Gasteiger partial charge in [-0.05, 0) is 49.2 Å². The number of nitrogens with zero attached hydrogens (tertiary/aromatic N) is 3. The molecular weight excluding hydrogens is 473 g/mol. The van der Waals surface area contributed by atoms with Crippen molar-refractivity contribution in [2.75, 3.05) is 13.1 Å². The van der Waals surface area contributed by atoms with Crippen LogP contribution in [0.1, 0.15) is 60.6 Å². The van der Waals surface area contributed by atoms with E-state index >= 15 is 0 Å². The molecular formula is C26H27Cl2N3O3. The molecule has 2 aromatic carbocycles. The van der Waals surface area contributed by atoms with Crippen LogP contribution >= 0.6 is 23.2 Å². The van der Waals surface area contributed by atoms with Crippen molar-refractivity contribution in [2.45, 2.75) is 51.3 Å². The summed E-state index contributed by atoms with van der Waals surface area (Å²) in [5.41, 5.74) is 4.06. The van der Waals surface area contributed by atoms with Crippen LogP contribution in [0.2, 0.25) is 10.0 Å². The van der Waals surface area contributed by atoms with Crippen molar-refractivity contribution in [3.63, 3.8) is 0 Å². The number of fused-ring (bicyclic) bond motifs is 1. The molecule has 0 saturated carbocycles. The first-order valence-electron chi connectivity index (χ1n) is 11.5. The molecule has 2 aliphatic heterocycles. The number of hydrogen-bond donors (Lipinski definition) is 1. The molecule has 1 fully saturated rings. The van der Waals surface area contributed by atoms with Gasteiger partial charge in [0.1, 0.15) is 5.60 Å². The van der Waals surface area contributed by atoms with Gasteiger partial charge >= 0.3 is 5.97 Å². The van der Waals surface area contributed by atoms with Crippen LogP contribution in [0.3, 0.4) is 0 Å². The Labute approximate surface area is 208 Å². The minimum atomic E-state index is -0.930. The number of oxime groups is 1. The van der Waals surface area contributed by atoms with Gasteiger partial charge in [0.15, 0.2) is 0 Å². The van der Waals surface area contributed by atoms with Crippen molar-refractivity contribution in [3.8, 4) is 0 Å². The molecule has 1 aromatic heterocycles. The van der Waals surface area contributed by atoms with Gasteiger partial charge in [-0.1, -0.05) is 40.5 Å². The summed E-state index contributed by atoms with van der Waals surface area (Å²) in [6.45, 7) is 6.95. The van der Waals surface area contributed by atoms with Crippen LogP contribution in [0.4, 0.5) is 0 Å². The number of carboxylic acids is 1. The second kappa shape index (κ2) is 8.91. The van der Waals surface area contributed by atoms with Crippen molar-refractivity contribution >= 4 is 45.8 Å². The molecule has 3 aromatic rings. The predicted octanol–water partition coefficient (Wildman–Crippen LogP) is 6.39. The lowest BCUT2D eigenvalue weighted by molar-refractivity contribution is -0.0626. The van der Waals surface area contributed by atoms with E-state index in [0.29, 0.717) is 16.1 Å². The molecule has 3 heterocycles. The zero-order chi connectivity index (χ0) is 24.0. The summed E-state index contributed by atoms with van der Waals surface area (Å²) < 4.78 is 2.23. The number of aromatic nitrogens is 1. The Morgan fingerprint density at radius 1 is 1.18 bits per heavy atom. The van der Waals surface area contributed by atoms with Crippen LogP contribution in [0, 0.1) is 0 Å². The molecule has 1 saturated heterocycles. The van der Waals surface area contributed by atoms with E-state index in [1.807, 2.05) is 12.1 Å². The van der Waals surface area contributed by atoms with Gasteiger partial charge in [-0.25, -0.2) is 4.79 Å². The van der Waals surface area contributed by atoms with E-state index < -0.39 is 5.97 Å². The number of aromatic carboxylic acids is 1. The molecule has 6 nitrogen and oxygen atoms in total. The maximum absolute atomic E-state index is 11.1. The number of likely N-dealkylation sites (tertiary alicyclic amines) is 1. The fraction of sp³-hybridized carbons (Fsp3) is 0.385. The lowest BCUT2D eigenvalue weighted by atomic mass is 9.85. The smallest absolute Gasteiger partial charge is 0.335 e. The third-order valence-electron chi connectivity index (χ3n) is 6.95. The first kappa shape index (κ1) is 23.2. The molecule has 1 spiro atoms. The molecule has 0 amide bonds. The summed E-state index contributed by atoms with van der Waals surface area (Å²) in [6, 6.07) is 11.0. The molecule has 5 rings (SSSR count). The van der Waals surface area contributed by atoms with Crippen molar-refractivity contribution < 1.29 is 14.7 Å². The summed E-state index contributed by atoms with van der Waals surface area (Å²) >= 11 is 12.9. The quantitative estimate of drug-likeness (QED) is 0.441. The van der Waals surface area contributed by atoms with E-state index in [9.17, 15) is 4.79 Å². The first-order chi connectivity index (χ1) is 16.2. The molecule has 0 unspecified atom stereocenters. The lowest BCUT2D eigenvalue weighted by Gasteiger charge is -2.37. The SMILES string of the molecule is CC(C)n1cc(CN2CCC3(CC2)CC(c2ccc(C(=O)O)cc2)=NO3)c2cc(Cl)cc(Cl)c21. The van der Waals surface area contributed by atoms with Gasteiger partial charge in [0.2, 0.25) is 0 Å². The maximum atomic E-state index is 11.1. The van der Waals surface area contributed by atoms with Crippen LogP contribution in [0.15, 0.2) is 47.8 Å². The Kier molecular flexibility index (Phi) is 6.09. The molecule has 0 aliphatic carbocycles. The van der Waals surface area contributed by atoms with Gasteiger partial charge in [0, 0.05) is 61.5 Å². The minimum absolute atomic E-state index is 0.271. The van der Waals surface area contributed by atoms with Gasteiger partial charge in [-0.2, -0.15) is 0 Å². The monoisotopic (exact) mass is 499 g/mol. The summed E-state index contributed by atoms with van der Waals surface area (Å²) in [5, 5.41) is 15.9. The normalized spacial score (nSPS) is 18.0. The predicted molar refractivity (Wildman–Crippen MR) is 135 cm³/mol. The van der Waals surface area contributed by atoms with Crippen molar-refractivity contribution in [1.82, 2.24) is 9.47 Å². The van der Waals surface area contributed by atoms with E-state index in [4.69, 9.17) is 33.1 Å². The average Bonchev–Trinajstić information content (AvgIpc) is 3.38. The Morgan fingerprint density at radius 3 is 2.53 bits per heavy atom. The van der Waals surface area contributed by atoms with Crippen LogP contribution < -0.4 is 0 Å². The summed E-state index contributed by atoms with van der Waals surface area (Å²) in [7, 11) is 0. The van der Waals surface area contributed by atoms with Gasteiger partial charge in [-0.3, -0.25) is 4.90 Å². The number of hydrogen-bond acceptors (Lipinski definition) is 4. The van der Waals surface area contributed by atoms with Crippen LogP contribution in [0.5, 0.6) is 0 Å². The maximum Gasteiger partial charge on any atom is 0.335 e. The van der Waals surface area contributed by atoms with Gasteiger partial charge in [-0.15, -0.1) is 0 Å². The molecule has 8 heteroatoms. The largest absolute Gasteiger partial charge is 0.478 e. The van der Waals surface area contributed by atoms with Crippen LogP contribution in [-0.2, 0) is 11.4 Å². The highest BCUT2D eigenvalue weighted by atomic mass is 35.5. The van der Waals surface area contributed by atoms with Gasteiger partial charge < -0.3 is 14.5 Å². The summed E-state index contributed by atoms with van der Waals surface area (Å²) in [5.74, 6) is -0.930. The number of benzene rings is 2. The number of carbonyl (C=O) groups is 1. The van der Waals surface area contributed by atoms with E-state index in [1.165, 1.54) is 5.56 Å². The molecule has 0 radical (unpaired) electrons. The van der Waals surface area contributed by atoms with Gasteiger partial charge in [0.05, 0.1) is 21.8 Å². The number of piperidine rings is 1. The average molecular weight is 500 g/mol. The molecule has 34 heavy (non-hydrogen) atoms. The lowest BCUT2D eigenvalue weighted by Crippen LogP contribution is -2.44. The Bertz CT molecular complexity index is 1270.